The highest BCUT2D eigenvalue weighted by molar-refractivity contribution is 14.0. The van der Waals surface area contributed by atoms with E-state index in [4.69, 9.17) is 4.74 Å². The molecule has 6 heteroatoms. The first-order valence-electron chi connectivity index (χ1n) is 7.30. The van der Waals surface area contributed by atoms with E-state index < -0.39 is 0 Å². The highest BCUT2D eigenvalue weighted by Gasteiger charge is 2.21. The number of likely N-dealkylation sites (N-methyl/N-ethyl adjacent to an activating group) is 1. The number of nitrogens with one attached hydrogen (secondary N) is 1. The molecule has 1 fully saturated rings. The van der Waals surface area contributed by atoms with Gasteiger partial charge in [-0.05, 0) is 47.6 Å². The van der Waals surface area contributed by atoms with Crippen LogP contribution >= 0.6 is 35.3 Å². The zero-order chi connectivity index (χ0) is 14.2. The van der Waals surface area contributed by atoms with Crippen LogP contribution in [0.3, 0.4) is 0 Å². The van der Waals surface area contributed by atoms with Crippen molar-refractivity contribution in [1.82, 2.24) is 10.2 Å². The lowest BCUT2D eigenvalue weighted by atomic mass is 10.2. The quantitative estimate of drug-likeness (QED) is 0.303. The van der Waals surface area contributed by atoms with Crippen LogP contribution in [0.4, 0.5) is 0 Å². The summed E-state index contributed by atoms with van der Waals surface area (Å²) in [6.45, 7) is 3.50. The monoisotopic (exact) mass is 423 g/mol. The van der Waals surface area contributed by atoms with Crippen molar-refractivity contribution in [3.63, 3.8) is 0 Å². The van der Waals surface area contributed by atoms with Crippen LogP contribution in [0.15, 0.2) is 21.8 Å². The van der Waals surface area contributed by atoms with E-state index >= 15 is 0 Å². The molecule has 0 spiro atoms. The summed E-state index contributed by atoms with van der Waals surface area (Å²) in [5.74, 6) is 1.78. The predicted octanol–water partition coefficient (Wildman–Crippen LogP) is 2.84. The van der Waals surface area contributed by atoms with Gasteiger partial charge < -0.3 is 15.0 Å². The fourth-order valence-electron chi connectivity index (χ4n) is 1.98. The normalized spacial score (nSPS) is 14.7. The molecule has 1 aromatic rings. The van der Waals surface area contributed by atoms with E-state index in [1.165, 1.54) is 18.4 Å². The molecular weight excluding hydrogens is 397 g/mol. The Kier molecular flexibility index (Phi) is 9.26. The number of aliphatic imine (C=N–C) groups is 1. The first kappa shape index (κ1) is 18.7. The predicted molar refractivity (Wildman–Crippen MR) is 101 cm³/mol. The minimum absolute atomic E-state index is 0. The van der Waals surface area contributed by atoms with Crippen LogP contribution in [-0.2, 0) is 11.2 Å². The van der Waals surface area contributed by atoms with Crippen molar-refractivity contribution in [2.45, 2.75) is 19.3 Å². The molecule has 0 bridgehead atoms. The van der Waals surface area contributed by atoms with Crippen molar-refractivity contribution in [1.29, 1.82) is 0 Å². The molecule has 0 aliphatic heterocycles. The van der Waals surface area contributed by atoms with Gasteiger partial charge in [-0.3, -0.25) is 4.99 Å². The Morgan fingerprint density at radius 2 is 2.33 bits per heavy atom. The maximum Gasteiger partial charge on any atom is 0.193 e. The minimum atomic E-state index is 0. The van der Waals surface area contributed by atoms with Crippen molar-refractivity contribution in [3.05, 3.63) is 22.4 Å². The van der Waals surface area contributed by atoms with Gasteiger partial charge in [-0.1, -0.05) is 0 Å². The van der Waals surface area contributed by atoms with E-state index in [1.807, 2.05) is 7.05 Å². The van der Waals surface area contributed by atoms with Gasteiger partial charge >= 0.3 is 0 Å². The Labute approximate surface area is 149 Å². The van der Waals surface area contributed by atoms with Crippen LogP contribution in [0.25, 0.3) is 0 Å². The van der Waals surface area contributed by atoms with E-state index in [0.717, 1.165) is 44.6 Å². The topological polar surface area (TPSA) is 36.9 Å². The third kappa shape index (κ3) is 7.46. The zero-order valence-electron chi connectivity index (χ0n) is 12.9. The molecule has 1 saturated carbocycles. The molecule has 21 heavy (non-hydrogen) atoms. The van der Waals surface area contributed by atoms with Crippen LogP contribution in [0.2, 0.25) is 0 Å². The van der Waals surface area contributed by atoms with Gasteiger partial charge in [-0.25, -0.2) is 0 Å². The summed E-state index contributed by atoms with van der Waals surface area (Å²) < 4.78 is 5.66. The number of hydrogen-bond acceptors (Lipinski definition) is 3. The smallest absolute Gasteiger partial charge is 0.193 e. The fraction of sp³-hybridized carbons (Fsp3) is 0.667. The summed E-state index contributed by atoms with van der Waals surface area (Å²) >= 11 is 1.75. The molecule has 1 heterocycles. The van der Waals surface area contributed by atoms with Crippen LogP contribution in [0.1, 0.15) is 18.4 Å². The van der Waals surface area contributed by atoms with Gasteiger partial charge in [-0.2, -0.15) is 11.3 Å². The summed E-state index contributed by atoms with van der Waals surface area (Å²) in [4.78, 5) is 6.44. The van der Waals surface area contributed by atoms with Crippen LogP contribution in [-0.4, -0.2) is 51.3 Å². The molecule has 0 radical (unpaired) electrons. The minimum Gasteiger partial charge on any atom is -0.379 e. The molecule has 1 N–H and O–H groups in total. The van der Waals surface area contributed by atoms with E-state index in [0.29, 0.717) is 0 Å². The maximum absolute atomic E-state index is 5.66. The number of ether oxygens (including phenoxy) is 1. The van der Waals surface area contributed by atoms with Crippen LogP contribution < -0.4 is 5.32 Å². The van der Waals surface area contributed by atoms with E-state index in [2.05, 4.69) is 39.1 Å². The summed E-state index contributed by atoms with van der Waals surface area (Å²) in [7, 11) is 3.88. The number of halogens is 1. The van der Waals surface area contributed by atoms with Gasteiger partial charge in [-0.15, -0.1) is 24.0 Å². The molecule has 2 rings (SSSR count). The average Bonchev–Trinajstić information content (AvgIpc) is 3.14. The maximum atomic E-state index is 5.66. The lowest BCUT2D eigenvalue weighted by Gasteiger charge is -2.22. The second-order valence-electron chi connectivity index (χ2n) is 5.30. The second-order valence-corrected chi connectivity index (χ2v) is 6.08. The van der Waals surface area contributed by atoms with Crippen molar-refractivity contribution in [2.24, 2.45) is 10.9 Å². The number of hydrogen-bond donors (Lipinski definition) is 1. The lowest BCUT2D eigenvalue weighted by Crippen LogP contribution is -2.41. The molecule has 0 saturated heterocycles. The standard InChI is InChI=1S/C15H25N3OS.HI/c1-16-15(17-7-5-14-6-10-20-12-14)18(2)8-9-19-11-13-3-4-13;/h6,10,12-13H,3-5,7-9,11H2,1-2H3,(H,16,17);1H. The SMILES string of the molecule is CN=C(NCCc1ccsc1)N(C)CCOCC1CC1.I. The molecule has 0 amide bonds. The fourth-order valence-corrected chi connectivity index (χ4v) is 2.68. The van der Waals surface area contributed by atoms with Crippen molar-refractivity contribution in [3.8, 4) is 0 Å². The third-order valence-electron chi connectivity index (χ3n) is 3.47. The van der Waals surface area contributed by atoms with Crippen LogP contribution in [0, 0.1) is 5.92 Å². The molecule has 1 aromatic heterocycles. The highest BCUT2D eigenvalue weighted by Crippen LogP contribution is 2.28. The Balaban J connectivity index is 0.00000220. The number of nitrogens with zero attached hydrogens (tertiary/aromatic N) is 2. The van der Waals surface area contributed by atoms with Gasteiger partial charge in [0.05, 0.1) is 6.61 Å². The summed E-state index contributed by atoms with van der Waals surface area (Å²) in [5.41, 5.74) is 1.38. The van der Waals surface area contributed by atoms with Gasteiger partial charge in [0.25, 0.3) is 0 Å². The van der Waals surface area contributed by atoms with Gasteiger partial charge in [0.2, 0.25) is 0 Å². The number of rotatable bonds is 8. The molecule has 0 aromatic carbocycles. The summed E-state index contributed by atoms with van der Waals surface area (Å²) in [6, 6.07) is 2.17. The van der Waals surface area contributed by atoms with E-state index in [1.54, 1.807) is 11.3 Å². The third-order valence-corrected chi connectivity index (χ3v) is 4.20. The van der Waals surface area contributed by atoms with Crippen molar-refractivity contribution in [2.75, 3.05) is 40.4 Å². The molecule has 1 aliphatic rings. The molecular formula is C15H26IN3OS. The van der Waals surface area contributed by atoms with Gasteiger partial charge in [0.15, 0.2) is 5.96 Å². The first-order valence-corrected chi connectivity index (χ1v) is 8.24. The number of guanidine groups is 1. The Bertz CT molecular complexity index is 407. The van der Waals surface area contributed by atoms with E-state index in [-0.39, 0.29) is 24.0 Å². The van der Waals surface area contributed by atoms with Crippen LogP contribution in [0.5, 0.6) is 0 Å². The van der Waals surface area contributed by atoms with E-state index in [9.17, 15) is 0 Å². The van der Waals surface area contributed by atoms with Gasteiger partial charge in [0.1, 0.15) is 0 Å². The largest absolute Gasteiger partial charge is 0.379 e. The number of thiophene rings is 1. The molecule has 1 aliphatic carbocycles. The van der Waals surface area contributed by atoms with Crippen molar-refractivity contribution < 1.29 is 4.74 Å². The Hall–Kier alpha value is -0.340. The second kappa shape index (κ2) is 10.4. The summed E-state index contributed by atoms with van der Waals surface area (Å²) in [5, 5.41) is 7.71. The molecule has 4 nitrogen and oxygen atoms in total. The Morgan fingerprint density at radius 3 is 2.95 bits per heavy atom. The summed E-state index contributed by atoms with van der Waals surface area (Å²) in [6.07, 6.45) is 3.73. The molecule has 0 unspecified atom stereocenters. The average molecular weight is 423 g/mol. The molecule has 0 atom stereocenters. The zero-order valence-corrected chi connectivity index (χ0v) is 16.0. The van der Waals surface area contributed by atoms with Crippen molar-refractivity contribution >= 4 is 41.3 Å². The molecule has 120 valence electrons. The first-order chi connectivity index (χ1) is 9.79. The van der Waals surface area contributed by atoms with Gasteiger partial charge in [0, 0.05) is 33.8 Å². The lowest BCUT2D eigenvalue weighted by molar-refractivity contribution is 0.115. The Morgan fingerprint density at radius 1 is 1.52 bits per heavy atom. The highest BCUT2D eigenvalue weighted by atomic mass is 127.